The maximum Gasteiger partial charge on any atom is 0.278 e. The lowest BCUT2D eigenvalue weighted by Crippen LogP contribution is -1.96. The second kappa shape index (κ2) is 3.76. The van der Waals surface area contributed by atoms with E-state index in [1.54, 1.807) is 6.92 Å². The number of hydrogen-bond acceptors (Lipinski definition) is 5. The summed E-state index contributed by atoms with van der Waals surface area (Å²) in [6, 6.07) is 3.77. The molecule has 5 nitrogen and oxygen atoms in total. The van der Waals surface area contributed by atoms with Gasteiger partial charge in [0.1, 0.15) is 0 Å². The van der Waals surface area contributed by atoms with E-state index in [4.69, 9.17) is 4.52 Å². The zero-order valence-electron chi connectivity index (χ0n) is 8.93. The molecule has 0 unspecified atom stereocenters. The molecule has 0 aliphatic heterocycles. The highest BCUT2D eigenvalue weighted by Crippen LogP contribution is 2.16. The molecule has 0 aromatic carbocycles. The summed E-state index contributed by atoms with van der Waals surface area (Å²) in [5.41, 5.74) is 1.56. The molecule has 2 aromatic rings. The first-order valence-corrected chi connectivity index (χ1v) is 4.81. The molecule has 0 radical (unpaired) electrons. The van der Waals surface area contributed by atoms with E-state index >= 15 is 0 Å². The molecule has 2 rings (SSSR count). The van der Waals surface area contributed by atoms with Crippen LogP contribution in [0.3, 0.4) is 0 Å². The molecule has 2 heterocycles. The molecule has 0 N–H and O–H groups in total. The van der Waals surface area contributed by atoms with Crippen molar-refractivity contribution >= 4 is 0 Å². The largest absolute Gasteiger partial charge is 0.332 e. The first-order valence-electron chi connectivity index (χ1n) is 4.81. The standard InChI is InChI=1S/C10H12N4O/c1-6(2)8-4-5-9(13-12-8)10-11-7(3)14-15-10/h4-6H,1-3H3. The van der Waals surface area contributed by atoms with Crippen LogP contribution in [-0.4, -0.2) is 20.3 Å². The molecule has 2 aromatic heterocycles. The normalized spacial score (nSPS) is 10.9. The summed E-state index contributed by atoms with van der Waals surface area (Å²) in [5.74, 6) is 1.38. The minimum Gasteiger partial charge on any atom is -0.332 e. The van der Waals surface area contributed by atoms with Crippen LogP contribution in [-0.2, 0) is 0 Å². The van der Waals surface area contributed by atoms with Crippen LogP contribution in [0.15, 0.2) is 16.7 Å². The summed E-state index contributed by atoms with van der Waals surface area (Å²) in [4.78, 5) is 4.08. The lowest BCUT2D eigenvalue weighted by molar-refractivity contribution is 0.424. The smallest absolute Gasteiger partial charge is 0.278 e. The quantitative estimate of drug-likeness (QED) is 0.748. The van der Waals surface area contributed by atoms with Gasteiger partial charge in [-0.25, -0.2) is 0 Å². The van der Waals surface area contributed by atoms with Crippen molar-refractivity contribution in [3.8, 4) is 11.6 Å². The SMILES string of the molecule is Cc1noc(-c2ccc(C(C)C)nn2)n1. The number of hydrogen-bond donors (Lipinski definition) is 0. The number of aromatic nitrogens is 4. The van der Waals surface area contributed by atoms with Crippen molar-refractivity contribution < 1.29 is 4.52 Å². The average molecular weight is 204 g/mol. The molecule has 0 bridgehead atoms. The second-order valence-electron chi connectivity index (χ2n) is 3.64. The van der Waals surface area contributed by atoms with E-state index in [1.807, 2.05) is 12.1 Å². The highest BCUT2D eigenvalue weighted by atomic mass is 16.5. The summed E-state index contributed by atoms with van der Waals surface area (Å²) in [6.45, 7) is 5.91. The van der Waals surface area contributed by atoms with Crippen LogP contribution in [0, 0.1) is 6.92 Å². The first kappa shape index (κ1) is 9.76. The van der Waals surface area contributed by atoms with Crippen molar-refractivity contribution in [3.63, 3.8) is 0 Å². The molecule has 0 atom stereocenters. The minimum atomic E-state index is 0.371. The molecule has 0 spiro atoms. The van der Waals surface area contributed by atoms with Crippen LogP contribution < -0.4 is 0 Å². The van der Waals surface area contributed by atoms with Crippen LogP contribution in [0.1, 0.15) is 31.3 Å². The van der Waals surface area contributed by atoms with E-state index < -0.39 is 0 Å². The second-order valence-corrected chi connectivity index (χ2v) is 3.64. The molecule has 0 aliphatic carbocycles. The molecule has 0 amide bonds. The zero-order chi connectivity index (χ0) is 10.8. The minimum absolute atomic E-state index is 0.371. The molecular formula is C10H12N4O. The summed E-state index contributed by atoms with van der Waals surface area (Å²) in [6.07, 6.45) is 0. The highest BCUT2D eigenvalue weighted by Gasteiger charge is 2.09. The Hall–Kier alpha value is -1.78. The van der Waals surface area contributed by atoms with Gasteiger partial charge in [0.15, 0.2) is 11.5 Å². The van der Waals surface area contributed by atoms with Gasteiger partial charge in [0.05, 0.1) is 5.69 Å². The fourth-order valence-electron chi connectivity index (χ4n) is 1.17. The maximum absolute atomic E-state index is 4.99. The predicted octanol–water partition coefficient (Wildman–Crippen LogP) is 1.96. The Labute approximate surface area is 87.5 Å². The van der Waals surface area contributed by atoms with Gasteiger partial charge in [-0.05, 0) is 25.0 Å². The number of rotatable bonds is 2. The van der Waals surface area contributed by atoms with Gasteiger partial charge in [-0.3, -0.25) is 0 Å². The Morgan fingerprint density at radius 2 is 2.00 bits per heavy atom. The predicted molar refractivity (Wildman–Crippen MR) is 54.2 cm³/mol. The average Bonchev–Trinajstić information content (AvgIpc) is 2.65. The molecule has 15 heavy (non-hydrogen) atoms. The molecule has 0 aliphatic rings. The van der Waals surface area contributed by atoms with Gasteiger partial charge >= 0.3 is 0 Å². The Morgan fingerprint density at radius 1 is 1.20 bits per heavy atom. The number of aryl methyl sites for hydroxylation is 1. The van der Waals surface area contributed by atoms with Crippen LogP contribution in [0.2, 0.25) is 0 Å². The Kier molecular flexibility index (Phi) is 2.45. The summed E-state index contributed by atoms with van der Waals surface area (Å²) in [5, 5.41) is 11.8. The van der Waals surface area contributed by atoms with Crippen molar-refractivity contribution in [1.82, 2.24) is 20.3 Å². The van der Waals surface area contributed by atoms with Crippen LogP contribution in [0.5, 0.6) is 0 Å². The van der Waals surface area contributed by atoms with Gasteiger partial charge in [0.25, 0.3) is 5.89 Å². The third-order valence-corrected chi connectivity index (χ3v) is 2.02. The Bertz CT molecular complexity index is 447. The fraction of sp³-hybridized carbons (Fsp3) is 0.400. The van der Waals surface area contributed by atoms with Gasteiger partial charge in [-0.15, -0.1) is 5.10 Å². The first-order chi connectivity index (χ1) is 7.16. The molecular weight excluding hydrogens is 192 g/mol. The van der Waals surface area contributed by atoms with E-state index in [0.717, 1.165) is 5.69 Å². The molecule has 78 valence electrons. The zero-order valence-corrected chi connectivity index (χ0v) is 8.93. The van der Waals surface area contributed by atoms with E-state index in [1.165, 1.54) is 0 Å². The maximum atomic E-state index is 4.99. The van der Waals surface area contributed by atoms with E-state index in [-0.39, 0.29) is 0 Å². The van der Waals surface area contributed by atoms with Crippen molar-refractivity contribution in [1.29, 1.82) is 0 Å². The lowest BCUT2D eigenvalue weighted by Gasteiger charge is -2.01. The fourth-order valence-corrected chi connectivity index (χ4v) is 1.17. The number of nitrogens with zero attached hydrogens (tertiary/aromatic N) is 4. The summed E-state index contributed by atoms with van der Waals surface area (Å²) >= 11 is 0. The van der Waals surface area contributed by atoms with E-state index in [0.29, 0.717) is 23.3 Å². The molecule has 0 saturated carbocycles. The third-order valence-electron chi connectivity index (χ3n) is 2.02. The van der Waals surface area contributed by atoms with Gasteiger partial charge in [0.2, 0.25) is 0 Å². The lowest BCUT2D eigenvalue weighted by atomic mass is 10.1. The molecule has 0 fully saturated rings. The van der Waals surface area contributed by atoms with Gasteiger partial charge < -0.3 is 4.52 Å². The van der Waals surface area contributed by atoms with Crippen molar-refractivity contribution in [2.75, 3.05) is 0 Å². The van der Waals surface area contributed by atoms with Crippen molar-refractivity contribution in [2.45, 2.75) is 26.7 Å². The van der Waals surface area contributed by atoms with Crippen LogP contribution >= 0.6 is 0 Å². The van der Waals surface area contributed by atoms with Crippen molar-refractivity contribution in [3.05, 3.63) is 23.7 Å². The Balaban J connectivity index is 2.31. The highest BCUT2D eigenvalue weighted by molar-refractivity contribution is 5.45. The van der Waals surface area contributed by atoms with Gasteiger partial charge in [0, 0.05) is 0 Å². The summed E-state index contributed by atoms with van der Waals surface area (Å²) in [7, 11) is 0. The van der Waals surface area contributed by atoms with Crippen LogP contribution in [0.25, 0.3) is 11.6 Å². The Morgan fingerprint density at radius 3 is 2.47 bits per heavy atom. The van der Waals surface area contributed by atoms with E-state index in [9.17, 15) is 0 Å². The van der Waals surface area contributed by atoms with Gasteiger partial charge in [-0.1, -0.05) is 19.0 Å². The molecule has 5 heteroatoms. The van der Waals surface area contributed by atoms with E-state index in [2.05, 4.69) is 34.2 Å². The molecule has 0 saturated heterocycles. The van der Waals surface area contributed by atoms with Crippen molar-refractivity contribution in [2.24, 2.45) is 0 Å². The van der Waals surface area contributed by atoms with Gasteiger partial charge in [-0.2, -0.15) is 10.1 Å². The third kappa shape index (κ3) is 2.01. The summed E-state index contributed by atoms with van der Waals surface area (Å²) < 4.78 is 4.99. The topological polar surface area (TPSA) is 64.7 Å². The monoisotopic (exact) mass is 204 g/mol. The van der Waals surface area contributed by atoms with Crippen LogP contribution in [0.4, 0.5) is 0 Å².